The molecule has 0 saturated heterocycles. The van der Waals surface area contributed by atoms with Crippen LogP contribution in [0.2, 0.25) is 0 Å². The molecule has 0 unspecified atom stereocenters. The van der Waals surface area contributed by atoms with Crippen molar-refractivity contribution in [1.82, 2.24) is 0 Å². The van der Waals surface area contributed by atoms with E-state index in [0.29, 0.717) is 12.0 Å². The number of rotatable bonds is 5. The summed E-state index contributed by atoms with van der Waals surface area (Å²) >= 11 is 0. The van der Waals surface area contributed by atoms with E-state index in [0.717, 1.165) is 13.2 Å². The van der Waals surface area contributed by atoms with E-state index in [1.807, 2.05) is 0 Å². The van der Waals surface area contributed by atoms with Crippen molar-refractivity contribution in [2.45, 2.75) is 53.2 Å². The van der Waals surface area contributed by atoms with Gasteiger partial charge >= 0.3 is 0 Å². The highest BCUT2D eigenvalue weighted by Crippen LogP contribution is 2.09. The van der Waals surface area contributed by atoms with Crippen LogP contribution >= 0.6 is 0 Å². The second-order valence-electron chi connectivity index (χ2n) is 4.91. The number of ether oxygens (including phenoxy) is 2. The minimum Gasteiger partial charge on any atom is -0.378 e. The Balaban J connectivity index is 3.46. The Hall–Kier alpha value is -0.0800. The molecule has 0 aliphatic rings. The van der Waals surface area contributed by atoms with Crippen molar-refractivity contribution in [1.29, 1.82) is 0 Å². The lowest BCUT2D eigenvalue weighted by molar-refractivity contribution is -0.0418. The third kappa shape index (κ3) is 9.84. The second-order valence-corrected chi connectivity index (χ2v) is 4.91. The zero-order valence-corrected chi connectivity index (χ0v) is 9.89. The normalized spacial score (nSPS) is 15.0. The highest BCUT2D eigenvalue weighted by Gasteiger charge is 2.12. The van der Waals surface area contributed by atoms with E-state index in [1.165, 1.54) is 0 Å². The molecule has 0 spiro atoms. The van der Waals surface area contributed by atoms with Gasteiger partial charge in [-0.25, -0.2) is 0 Å². The van der Waals surface area contributed by atoms with Crippen LogP contribution in [0.5, 0.6) is 0 Å². The van der Waals surface area contributed by atoms with E-state index in [-0.39, 0.29) is 5.60 Å². The molecular formula is C11H24O2. The molecule has 0 N–H and O–H groups in total. The van der Waals surface area contributed by atoms with E-state index in [1.54, 1.807) is 0 Å². The maximum absolute atomic E-state index is 5.64. The van der Waals surface area contributed by atoms with Crippen molar-refractivity contribution in [2.75, 3.05) is 13.2 Å². The Kier molecular flexibility index (Phi) is 5.57. The van der Waals surface area contributed by atoms with Crippen molar-refractivity contribution in [3.8, 4) is 0 Å². The predicted octanol–water partition coefficient (Wildman–Crippen LogP) is 2.86. The van der Waals surface area contributed by atoms with E-state index >= 15 is 0 Å². The highest BCUT2D eigenvalue weighted by atomic mass is 16.5. The topological polar surface area (TPSA) is 18.5 Å². The predicted molar refractivity (Wildman–Crippen MR) is 56.0 cm³/mol. The van der Waals surface area contributed by atoms with E-state index in [2.05, 4.69) is 41.5 Å². The van der Waals surface area contributed by atoms with Crippen molar-refractivity contribution >= 4 is 0 Å². The van der Waals surface area contributed by atoms with Crippen LogP contribution in [0.25, 0.3) is 0 Å². The molecule has 0 saturated carbocycles. The molecule has 2 heteroatoms. The van der Waals surface area contributed by atoms with Gasteiger partial charge in [0.25, 0.3) is 0 Å². The molecule has 13 heavy (non-hydrogen) atoms. The van der Waals surface area contributed by atoms with Gasteiger partial charge in [0.2, 0.25) is 0 Å². The van der Waals surface area contributed by atoms with E-state index < -0.39 is 0 Å². The molecule has 0 aromatic heterocycles. The fourth-order valence-electron chi connectivity index (χ4n) is 0.797. The molecule has 2 nitrogen and oxygen atoms in total. The number of hydrogen-bond acceptors (Lipinski definition) is 2. The van der Waals surface area contributed by atoms with Gasteiger partial charge in [-0.05, 0) is 34.6 Å². The minimum absolute atomic E-state index is 0.0356. The molecule has 80 valence electrons. The van der Waals surface area contributed by atoms with Crippen LogP contribution in [-0.2, 0) is 9.47 Å². The monoisotopic (exact) mass is 188 g/mol. The molecule has 0 aromatic rings. The quantitative estimate of drug-likeness (QED) is 0.660. The molecule has 0 radical (unpaired) electrons. The summed E-state index contributed by atoms with van der Waals surface area (Å²) < 4.78 is 11.1. The standard InChI is InChI=1S/C11H24O2/c1-9(2)12-7-10(3)8-13-11(4,5)6/h9-10H,7-8H2,1-6H3/t10-/m0/s1. The molecule has 0 aliphatic heterocycles. The first-order valence-electron chi connectivity index (χ1n) is 5.07. The van der Waals surface area contributed by atoms with Crippen LogP contribution in [-0.4, -0.2) is 24.9 Å². The van der Waals surface area contributed by atoms with Crippen molar-refractivity contribution in [2.24, 2.45) is 5.92 Å². The van der Waals surface area contributed by atoms with Crippen LogP contribution in [0.1, 0.15) is 41.5 Å². The van der Waals surface area contributed by atoms with Gasteiger partial charge in [-0.1, -0.05) is 6.92 Å². The summed E-state index contributed by atoms with van der Waals surface area (Å²) in [4.78, 5) is 0. The fraction of sp³-hybridized carbons (Fsp3) is 1.00. The molecule has 1 atom stereocenters. The lowest BCUT2D eigenvalue weighted by Crippen LogP contribution is -2.25. The Labute approximate surface area is 82.6 Å². The van der Waals surface area contributed by atoms with Crippen LogP contribution < -0.4 is 0 Å². The Bertz CT molecular complexity index is 125. The zero-order chi connectivity index (χ0) is 10.5. The highest BCUT2D eigenvalue weighted by molar-refractivity contribution is 4.60. The Morgan fingerprint density at radius 3 is 1.92 bits per heavy atom. The van der Waals surface area contributed by atoms with Gasteiger partial charge in [0.05, 0.1) is 24.9 Å². The maximum atomic E-state index is 5.64. The molecular weight excluding hydrogens is 164 g/mol. The van der Waals surface area contributed by atoms with Gasteiger partial charge in [-0.15, -0.1) is 0 Å². The minimum atomic E-state index is -0.0356. The molecule has 0 heterocycles. The summed E-state index contributed by atoms with van der Waals surface area (Å²) in [5, 5.41) is 0. The summed E-state index contributed by atoms with van der Waals surface area (Å²) in [7, 11) is 0. The van der Waals surface area contributed by atoms with Gasteiger partial charge in [-0.3, -0.25) is 0 Å². The maximum Gasteiger partial charge on any atom is 0.0598 e. The smallest absolute Gasteiger partial charge is 0.0598 e. The van der Waals surface area contributed by atoms with Gasteiger partial charge in [-0.2, -0.15) is 0 Å². The molecule has 0 amide bonds. The van der Waals surface area contributed by atoms with Crippen LogP contribution in [0, 0.1) is 5.92 Å². The van der Waals surface area contributed by atoms with E-state index in [4.69, 9.17) is 9.47 Å². The first kappa shape index (κ1) is 12.9. The largest absolute Gasteiger partial charge is 0.378 e. The second kappa shape index (κ2) is 5.61. The zero-order valence-electron chi connectivity index (χ0n) is 9.89. The molecule has 0 bridgehead atoms. The SMILES string of the molecule is CC(C)OC[C@H](C)COC(C)(C)C. The lowest BCUT2D eigenvalue weighted by Gasteiger charge is -2.22. The van der Waals surface area contributed by atoms with Crippen molar-refractivity contribution < 1.29 is 9.47 Å². The van der Waals surface area contributed by atoms with Gasteiger partial charge < -0.3 is 9.47 Å². The van der Waals surface area contributed by atoms with Gasteiger partial charge in [0, 0.05) is 5.92 Å². The summed E-state index contributed by atoms with van der Waals surface area (Å²) in [5.74, 6) is 0.474. The molecule has 0 aliphatic carbocycles. The average molecular weight is 188 g/mol. The first-order valence-corrected chi connectivity index (χ1v) is 5.07. The van der Waals surface area contributed by atoms with Crippen molar-refractivity contribution in [3.63, 3.8) is 0 Å². The molecule has 0 aromatic carbocycles. The summed E-state index contributed by atoms with van der Waals surface area (Å²) in [5.41, 5.74) is -0.0356. The van der Waals surface area contributed by atoms with Gasteiger partial charge in [0.15, 0.2) is 0 Å². The van der Waals surface area contributed by atoms with Gasteiger partial charge in [0.1, 0.15) is 0 Å². The lowest BCUT2D eigenvalue weighted by atomic mass is 10.1. The van der Waals surface area contributed by atoms with Crippen LogP contribution in [0.4, 0.5) is 0 Å². The third-order valence-electron chi connectivity index (χ3n) is 1.51. The van der Waals surface area contributed by atoms with E-state index in [9.17, 15) is 0 Å². The Morgan fingerprint density at radius 1 is 1.00 bits per heavy atom. The average Bonchev–Trinajstić information content (AvgIpc) is 1.95. The molecule has 0 fully saturated rings. The number of hydrogen-bond donors (Lipinski definition) is 0. The third-order valence-corrected chi connectivity index (χ3v) is 1.51. The van der Waals surface area contributed by atoms with Crippen molar-refractivity contribution in [3.05, 3.63) is 0 Å². The Morgan fingerprint density at radius 2 is 1.54 bits per heavy atom. The fourth-order valence-corrected chi connectivity index (χ4v) is 0.797. The first-order chi connectivity index (χ1) is 5.81. The van der Waals surface area contributed by atoms with Crippen LogP contribution in [0.15, 0.2) is 0 Å². The summed E-state index contributed by atoms with van der Waals surface area (Å²) in [6.45, 7) is 14.0. The van der Waals surface area contributed by atoms with Crippen LogP contribution in [0.3, 0.4) is 0 Å². The summed E-state index contributed by atoms with van der Waals surface area (Å²) in [6, 6.07) is 0. The summed E-state index contributed by atoms with van der Waals surface area (Å²) in [6.07, 6.45) is 0.317. The molecule has 0 rings (SSSR count).